The van der Waals surface area contributed by atoms with Gasteiger partial charge in [-0.25, -0.2) is 9.37 Å². The lowest BCUT2D eigenvalue weighted by molar-refractivity contribution is 0.102. The van der Waals surface area contributed by atoms with Gasteiger partial charge in [-0.15, -0.1) is 0 Å². The number of carbonyl (C=O) groups is 1. The Morgan fingerprint density at radius 1 is 1.29 bits per heavy atom. The van der Waals surface area contributed by atoms with E-state index in [2.05, 4.69) is 10.3 Å². The van der Waals surface area contributed by atoms with Crippen LogP contribution >= 0.6 is 0 Å². The summed E-state index contributed by atoms with van der Waals surface area (Å²) in [4.78, 5) is 15.7. The van der Waals surface area contributed by atoms with Gasteiger partial charge in [-0.2, -0.15) is 0 Å². The molecular formula is C12H10FN3O. The molecule has 1 aromatic heterocycles. The van der Waals surface area contributed by atoms with Crippen molar-refractivity contribution in [3.8, 4) is 0 Å². The van der Waals surface area contributed by atoms with Crippen molar-refractivity contribution in [1.82, 2.24) is 4.98 Å². The fourth-order valence-corrected chi connectivity index (χ4v) is 1.29. The summed E-state index contributed by atoms with van der Waals surface area (Å²) in [5.41, 5.74) is 5.53. The Balaban J connectivity index is 2.18. The highest BCUT2D eigenvalue weighted by molar-refractivity contribution is 6.03. The summed E-state index contributed by atoms with van der Waals surface area (Å²) < 4.78 is 13.2. The van der Waals surface area contributed by atoms with Crippen LogP contribution in [-0.2, 0) is 0 Å². The highest BCUT2D eigenvalue weighted by atomic mass is 19.1. The molecule has 0 radical (unpaired) electrons. The third kappa shape index (κ3) is 2.57. The van der Waals surface area contributed by atoms with Crippen LogP contribution in [0.2, 0.25) is 0 Å². The smallest absolute Gasteiger partial charge is 0.256 e. The zero-order valence-corrected chi connectivity index (χ0v) is 8.85. The monoisotopic (exact) mass is 231 g/mol. The summed E-state index contributed by atoms with van der Waals surface area (Å²) in [6.45, 7) is 0. The second kappa shape index (κ2) is 4.61. The number of rotatable bonds is 2. The summed E-state index contributed by atoms with van der Waals surface area (Å²) in [5.74, 6) is -0.629. The lowest BCUT2D eigenvalue weighted by atomic mass is 10.2. The van der Waals surface area contributed by atoms with Crippen LogP contribution in [0.5, 0.6) is 0 Å². The Bertz CT molecular complexity index is 543. The first-order chi connectivity index (χ1) is 8.16. The molecule has 0 aliphatic carbocycles. The number of nitrogens with two attached hydrogens (primary N) is 1. The van der Waals surface area contributed by atoms with E-state index in [9.17, 15) is 9.18 Å². The second-order valence-corrected chi connectivity index (χ2v) is 3.41. The maximum atomic E-state index is 13.2. The quantitative estimate of drug-likeness (QED) is 0.777. The van der Waals surface area contributed by atoms with Crippen LogP contribution in [0.15, 0.2) is 42.6 Å². The molecule has 4 nitrogen and oxygen atoms in total. The second-order valence-electron chi connectivity index (χ2n) is 3.41. The molecule has 86 valence electrons. The molecule has 0 aliphatic rings. The molecule has 0 fully saturated rings. The predicted octanol–water partition coefficient (Wildman–Crippen LogP) is 2.06. The van der Waals surface area contributed by atoms with Gasteiger partial charge < -0.3 is 11.1 Å². The molecule has 1 heterocycles. The van der Waals surface area contributed by atoms with Crippen LogP contribution in [0, 0.1) is 5.82 Å². The summed E-state index contributed by atoms with van der Waals surface area (Å²) in [7, 11) is 0. The minimum absolute atomic E-state index is 0.0133. The largest absolute Gasteiger partial charge is 0.396 e. The van der Waals surface area contributed by atoms with Gasteiger partial charge in [0.15, 0.2) is 0 Å². The van der Waals surface area contributed by atoms with E-state index in [0.29, 0.717) is 5.82 Å². The van der Waals surface area contributed by atoms with Crippen molar-refractivity contribution >= 4 is 17.4 Å². The molecule has 0 atom stereocenters. The molecular weight excluding hydrogens is 221 g/mol. The van der Waals surface area contributed by atoms with Crippen LogP contribution in [0.4, 0.5) is 15.9 Å². The maximum Gasteiger partial charge on any atom is 0.256 e. The molecule has 17 heavy (non-hydrogen) atoms. The van der Waals surface area contributed by atoms with E-state index in [1.54, 1.807) is 24.4 Å². The van der Waals surface area contributed by atoms with Crippen molar-refractivity contribution in [2.24, 2.45) is 0 Å². The first-order valence-electron chi connectivity index (χ1n) is 4.94. The molecule has 0 saturated carbocycles. The lowest BCUT2D eigenvalue weighted by Crippen LogP contribution is -2.13. The number of aromatic nitrogens is 1. The number of nitrogens with one attached hydrogen (secondary N) is 1. The Kier molecular flexibility index (Phi) is 3.00. The summed E-state index contributed by atoms with van der Waals surface area (Å²) >= 11 is 0. The normalized spacial score (nSPS) is 9.94. The number of halogens is 1. The summed E-state index contributed by atoms with van der Waals surface area (Å²) in [6, 6.07) is 9.02. The van der Waals surface area contributed by atoms with Crippen LogP contribution in [-0.4, -0.2) is 10.9 Å². The summed E-state index contributed by atoms with van der Waals surface area (Å²) in [6.07, 6.45) is 1.55. The van der Waals surface area contributed by atoms with Crippen LogP contribution in [0.3, 0.4) is 0 Å². The molecule has 0 aliphatic heterocycles. The van der Waals surface area contributed by atoms with Gasteiger partial charge in [0.2, 0.25) is 0 Å². The van der Waals surface area contributed by atoms with Crippen molar-refractivity contribution in [1.29, 1.82) is 0 Å². The van der Waals surface area contributed by atoms with Crippen molar-refractivity contribution in [2.75, 3.05) is 11.1 Å². The zero-order valence-electron chi connectivity index (χ0n) is 8.85. The molecule has 2 aromatic rings. The standard InChI is InChI=1S/C12H10FN3O/c13-9-7-8(4-5-10(9)14)12(17)16-11-3-1-2-6-15-11/h1-7H,14H2,(H,15,16,17). The van der Waals surface area contributed by atoms with Gasteiger partial charge in [-0.1, -0.05) is 6.07 Å². The van der Waals surface area contributed by atoms with Gasteiger partial charge in [0.25, 0.3) is 5.91 Å². The lowest BCUT2D eigenvalue weighted by Gasteiger charge is -2.04. The van der Waals surface area contributed by atoms with Gasteiger partial charge in [0.05, 0.1) is 5.69 Å². The molecule has 1 amide bonds. The average molecular weight is 231 g/mol. The minimum Gasteiger partial charge on any atom is -0.396 e. The number of hydrogen-bond donors (Lipinski definition) is 2. The van der Waals surface area contributed by atoms with E-state index in [-0.39, 0.29) is 11.3 Å². The molecule has 0 unspecified atom stereocenters. The number of pyridine rings is 1. The van der Waals surface area contributed by atoms with E-state index >= 15 is 0 Å². The van der Waals surface area contributed by atoms with Crippen molar-refractivity contribution < 1.29 is 9.18 Å². The maximum absolute atomic E-state index is 13.2. The highest BCUT2D eigenvalue weighted by Crippen LogP contribution is 2.13. The Morgan fingerprint density at radius 2 is 2.12 bits per heavy atom. The van der Waals surface area contributed by atoms with Crippen molar-refractivity contribution in [2.45, 2.75) is 0 Å². The van der Waals surface area contributed by atoms with Crippen LogP contribution in [0.1, 0.15) is 10.4 Å². The van der Waals surface area contributed by atoms with E-state index in [4.69, 9.17) is 5.73 Å². The van der Waals surface area contributed by atoms with Gasteiger partial charge in [-0.05, 0) is 30.3 Å². The SMILES string of the molecule is Nc1ccc(C(=O)Nc2ccccn2)cc1F. The zero-order chi connectivity index (χ0) is 12.3. The first-order valence-corrected chi connectivity index (χ1v) is 4.94. The predicted molar refractivity (Wildman–Crippen MR) is 63.0 cm³/mol. The number of hydrogen-bond acceptors (Lipinski definition) is 3. The molecule has 2 rings (SSSR count). The number of nitrogens with zero attached hydrogens (tertiary/aromatic N) is 1. The number of carbonyl (C=O) groups excluding carboxylic acids is 1. The van der Waals surface area contributed by atoms with Gasteiger partial charge in [-0.3, -0.25) is 4.79 Å². The third-order valence-electron chi connectivity index (χ3n) is 2.17. The first kappa shape index (κ1) is 11.1. The van der Waals surface area contributed by atoms with E-state index in [0.717, 1.165) is 6.07 Å². The molecule has 1 aromatic carbocycles. The van der Waals surface area contributed by atoms with Gasteiger partial charge in [0.1, 0.15) is 11.6 Å². The number of benzene rings is 1. The number of nitrogen functional groups attached to an aromatic ring is 1. The fraction of sp³-hybridized carbons (Fsp3) is 0. The van der Waals surface area contributed by atoms with E-state index < -0.39 is 11.7 Å². The average Bonchev–Trinajstić information content (AvgIpc) is 2.34. The topological polar surface area (TPSA) is 68.0 Å². The number of amides is 1. The van der Waals surface area contributed by atoms with E-state index in [1.165, 1.54) is 12.1 Å². The van der Waals surface area contributed by atoms with Gasteiger partial charge >= 0.3 is 0 Å². The Hall–Kier alpha value is -2.43. The van der Waals surface area contributed by atoms with Crippen LogP contribution < -0.4 is 11.1 Å². The van der Waals surface area contributed by atoms with Crippen molar-refractivity contribution in [3.05, 3.63) is 54.0 Å². The van der Waals surface area contributed by atoms with Crippen LogP contribution in [0.25, 0.3) is 0 Å². The Labute approximate surface area is 97.3 Å². The van der Waals surface area contributed by atoms with Crippen molar-refractivity contribution in [3.63, 3.8) is 0 Å². The highest BCUT2D eigenvalue weighted by Gasteiger charge is 2.08. The van der Waals surface area contributed by atoms with E-state index in [1.807, 2.05) is 0 Å². The number of anilines is 2. The molecule has 0 bridgehead atoms. The molecule has 0 saturated heterocycles. The van der Waals surface area contributed by atoms with Gasteiger partial charge in [0, 0.05) is 11.8 Å². The molecule has 0 spiro atoms. The molecule has 3 N–H and O–H groups in total. The third-order valence-corrected chi connectivity index (χ3v) is 2.17. The summed E-state index contributed by atoms with van der Waals surface area (Å²) in [5, 5.41) is 2.55. The fourth-order valence-electron chi connectivity index (χ4n) is 1.29. The molecule has 5 heteroatoms. The Morgan fingerprint density at radius 3 is 2.76 bits per heavy atom. The minimum atomic E-state index is -0.612.